The number of aromatic nitrogens is 2. The van der Waals surface area contributed by atoms with Gasteiger partial charge in [-0.1, -0.05) is 13.8 Å². The molecule has 0 amide bonds. The van der Waals surface area contributed by atoms with E-state index in [2.05, 4.69) is 43.4 Å². The Kier molecular flexibility index (Phi) is 4.80. The molecule has 4 heteroatoms. The van der Waals surface area contributed by atoms with E-state index in [-0.39, 0.29) is 6.04 Å². The average molecular weight is 261 g/mol. The van der Waals surface area contributed by atoms with E-state index >= 15 is 0 Å². The lowest BCUT2D eigenvalue weighted by Gasteiger charge is -2.17. The van der Waals surface area contributed by atoms with Gasteiger partial charge >= 0.3 is 0 Å². The molecule has 0 saturated carbocycles. The van der Waals surface area contributed by atoms with E-state index < -0.39 is 0 Å². The van der Waals surface area contributed by atoms with Gasteiger partial charge in [-0.3, -0.25) is 4.68 Å². The molecule has 2 aromatic heterocycles. The average Bonchev–Trinajstić information content (AvgIpc) is 3.08. The Bertz CT molecular complexity index is 501. The van der Waals surface area contributed by atoms with E-state index in [1.807, 2.05) is 10.9 Å². The maximum absolute atomic E-state index is 5.56. The maximum atomic E-state index is 5.56. The minimum Gasteiger partial charge on any atom is -0.469 e. The molecule has 2 aromatic rings. The Balaban J connectivity index is 2.29. The van der Waals surface area contributed by atoms with Crippen molar-refractivity contribution in [2.24, 2.45) is 0 Å². The number of aryl methyl sites for hydroxylation is 2. The smallest absolute Gasteiger partial charge is 0.108 e. The van der Waals surface area contributed by atoms with Crippen LogP contribution in [0.3, 0.4) is 0 Å². The highest BCUT2D eigenvalue weighted by Gasteiger charge is 2.19. The van der Waals surface area contributed by atoms with Crippen LogP contribution in [0.2, 0.25) is 0 Å². The van der Waals surface area contributed by atoms with Crippen LogP contribution in [-0.2, 0) is 13.0 Å². The molecule has 0 bridgehead atoms. The van der Waals surface area contributed by atoms with Crippen molar-refractivity contribution in [1.29, 1.82) is 0 Å². The van der Waals surface area contributed by atoms with Crippen molar-refractivity contribution in [2.75, 3.05) is 6.54 Å². The van der Waals surface area contributed by atoms with Crippen LogP contribution in [0.15, 0.2) is 29.1 Å². The van der Waals surface area contributed by atoms with Gasteiger partial charge in [-0.2, -0.15) is 5.10 Å². The Morgan fingerprint density at radius 3 is 2.84 bits per heavy atom. The largest absolute Gasteiger partial charge is 0.469 e. The summed E-state index contributed by atoms with van der Waals surface area (Å²) < 4.78 is 7.52. The van der Waals surface area contributed by atoms with Crippen LogP contribution in [0.4, 0.5) is 0 Å². The summed E-state index contributed by atoms with van der Waals surface area (Å²) in [5.41, 5.74) is 2.43. The maximum Gasteiger partial charge on any atom is 0.108 e. The van der Waals surface area contributed by atoms with Crippen LogP contribution >= 0.6 is 0 Å². The van der Waals surface area contributed by atoms with Crippen molar-refractivity contribution in [3.8, 4) is 0 Å². The van der Waals surface area contributed by atoms with Gasteiger partial charge in [-0.25, -0.2) is 0 Å². The van der Waals surface area contributed by atoms with E-state index in [0.29, 0.717) is 0 Å². The highest BCUT2D eigenvalue weighted by molar-refractivity contribution is 5.31. The number of rotatable bonds is 7. The molecule has 0 aromatic carbocycles. The van der Waals surface area contributed by atoms with Gasteiger partial charge in [0.1, 0.15) is 5.76 Å². The molecule has 0 radical (unpaired) electrons. The molecule has 4 nitrogen and oxygen atoms in total. The zero-order valence-corrected chi connectivity index (χ0v) is 12.0. The summed E-state index contributed by atoms with van der Waals surface area (Å²) in [6.45, 7) is 8.27. The Hall–Kier alpha value is -1.55. The third kappa shape index (κ3) is 3.07. The van der Waals surface area contributed by atoms with E-state index in [1.54, 1.807) is 6.26 Å². The lowest BCUT2D eigenvalue weighted by Crippen LogP contribution is -2.23. The lowest BCUT2D eigenvalue weighted by atomic mass is 10.0. The Morgan fingerprint density at radius 2 is 2.21 bits per heavy atom. The molecular weight excluding hydrogens is 238 g/mol. The van der Waals surface area contributed by atoms with Crippen LogP contribution in [-0.4, -0.2) is 16.3 Å². The van der Waals surface area contributed by atoms with Crippen molar-refractivity contribution in [3.05, 3.63) is 41.6 Å². The fourth-order valence-electron chi connectivity index (χ4n) is 2.29. The highest BCUT2D eigenvalue weighted by atomic mass is 16.3. The predicted molar refractivity (Wildman–Crippen MR) is 76.1 cm³/mol. The van der Waals surface area contributed by atoms with Crippen molar-refractivity contribution in [1.82, 2.24) is 15.1 Å². The molecule has 1 N–H and O–H groups in total. The molecule has 0 spiro atoms. The monoisotopic (exact) mass is 261 g/mol. The number of nitrogens with zero attached hydrogens (tertiary/aromatic N) is 2. The van der Waals surface area contributed by atoms with E-state index in [9.17, 15) is 0 Å². The number of hydrogen-bond donors (Lipinski definition) is 1. The van der Waals surface area contributed by atoms with Crippen LogP contribution < -0.4 is 5.32 Å². The summed E-state index contributed by atoms with van der Waals surface area (Å²) in [6.07, 6.45) is 7.86. The lowest BCUT2D eigenvalue weighted by molar-refractivity contribution is 0.500. The zero-order chi connectivity index (χ0) is 13.7. The standard InChI is InChI=1S/C15H23N3O/c1-4-8-16-15(12-10-17-18(6-3)11-12)13-7-9-19-14(13)5-2/h7,9-11,15-16H,4-6,8H2,1-3H3. The Labute approximate surface area is 114 Å². The van der Waals surface area contributed by atoms with Gasteiger partial charge in [0.25, 0.3) is 0 Å². The number of furan rings is 1. The first-order chi connectivity index (χ1) is 9.30. The molecule has 2 rings (SSSR count). The Morgan fingerprint density at radius 1 is 1.37 bits per heavy atom. The van der Waals surface area contributed by atoms with Gasteiger partial charge in [0.15, 0.2) is 0 Å². The van der Waals surface area contributed by atoms with Gasteiger partial charge in [0.05, 0.1) is 18.5 Å². The van der Waals surface area contributed by atoms with Crippen LogP contribution in [0.5, 0.6) is 0 Å². The van der Waals surface area contributed by atoms with E-state index in [1.165, 1.54) is 11.1 Å². The quantitative estimate of drug-likeness (QED) is 0.832. The summed E-state index contributed by atoms with van der Waals surface area (Å²) in [7, 11) is 0. The molecule has 0 saturated heterocycles. The van der Waals surface area contributed by atoms with Crippen LogP contribution in [0, 0.1) is 0 Å². The third-order valence-electron chi connectivity index (χ3n) is 3.32. The van der Waals surface area contributed by atoms with Gasteiger partial charge in [0.2, 0.25) is 0 Å². The van der Waals surface area contributed by atoms with Crippen LogP contribution in [0.1, 0.15) is 50.1 Å². The second-order valence-electron chi connectivity index (χ2n) is 4.67. The predicted octanol–water partition coefficient (Wildman–Crippen LogP) is 3.15. The molecule has 0 aliphatic rings. The summed E-state index contributed by atoms with van der Waals surface area (Å²) in [4.78, 5) is 0. The molecule has 0 fully saturated rings. The second kappa shape index (κ2) is 6.57. The zero-order valence-electron chi connectivity index (χ0n) is 12.0. The molecule has 104 valence electrons. The van der Waals surface area contributed by atoms with Gasteiger partial charge in [-0.15, -0.1) is 0 Å². The fraction of sp³-hybridized carbons (Fsp3) is 0.533. The molecule has 0 aliphatic carbocycles. The molecule has 1 unspecified atom stereocenters. The minimum atomic E-state index is 0.175. The highest BCUT2D eigenvalue weighted by Crippen LogP contribution is 2.26. The van der Waals surface area contributed by atoms with Crippen molar-refractivity contribution in [3.63, 3.8) is 0 Å². The van der Waals surface area contributed by atoms with Crippen LogP contribution in [0.25, 0.3) is 0 Å². The van der Waals surface area contributed by atoms with Gasteiger partial charge in [0, 0.05) is 30.3 Å². The molecular formula is C15H23N3O. The molecule has 2 heterocycles. The first-order valence-corrected chi connectivity index (χ1v) is 7.12. The van der Waals surface area contributed by atoms with Gasteiger partial charge < -0.3 is 9.73 Å². The van der Waals surface area contributed by atoms with Gasteiger partial charge in [-0.05, 0) is 26.0 Å². The van der Waals surface area contributed by atoms with Crippen molar-refractivity contribution in [2.45, 2.75) is 46.2 Å². The summed E-state index contributed by atoms with van der Waals surface area (Å²) >= 11 is 0. The fourth-order valence-corrected chi connectivity index (χ4v) is 2.29. The van der Waals surface area contributed by atoms with Crippen molar-refractivity contribution < 1.29 is 4.42 Å². The molecule has 0 aliphatic heterocycles. The number of nitrogens with one attached hydrogen (secondary N) is 1. The van der Waals surface area contributed by atoms with E-state index in [4.69, 9.17) is 4.42 Å². The summed E-state index contributed by atoms with van der Waals surface area (Å²) in [5.74, 6) is 1.05. The summed E-state index contributed by atoms with van der Waals surface area (Å²) in [6, 6.07) is 2.24. The van der Waals surface area contributed by atoms with Crippen molar-refractivity contribution >= 4 is 0 Å². The molecule has 19 heavy (non-hydrogen) atoms. The second-order valence-corrected chi connectivity index (χ2v) is 4.67. The minimum absolute atomic E-state index is 0.175. The normalized spacial score (nSPS) is 12.8. The number of hydrogen-bond acceptors (Lipinski definition) is 3. The first-order valence-electron chi connectivity index (χ1n) is 7.12. The van der Waals surface area contributed by atoms with E-state index in [0.717, 1.165) is 31.7 Å². The molecule has 1 atom stereocenters. The topological polar surface area (TPSA) is 43.0 Å². The summed E-state index contributed by atoms with van der Waals surface area (Å²) in [5, 5.41) is 7.96. The first kappa shape index (κ1) is 13.9. The third-order valence-corrected chi connectivity index (χ3v) is 3.32. The SMILES string of the molecule is CCCNC(c1cnn(CC)c1)c1ccoc1CC.